The Labute approximate surface area is 133 Å². The van der Waals surface area contributed by atoms with Crippen LogP contribution in [0.5, 0.6) is 0 Å². The lowest BCUT2D eigenvalue weighted by Crippen LogP contribution is -2.18. The summed E-state index contributed by atoms with van der Waals surface area (Å²) in [4.78, 5) is 16.6. The monoisotopic (exact) mass is 305 g/mol. The predicted molar refractivity (Wildman–Crippen MR) is 87.8 cm³/mol. The molecule has 6 nitrogen and oxygen atoms in total. The highest BCUT2D eigenvalue weighted by molar-refractivity contribution is 5.81. The van der Waals surface area contributed by atoms with E-state index < -0.39 is 5.56 Å². The largest absolute Gasteiger partial charge is 0.384 e. The summed E-state index contributed by atoms with van der Waals surface area (Å²) in [7, 11) is 0. The zero-order valence-electron chi connectivity index (χ0n) is 12.5. The first-order chi connectivity index (χ1) is 11.2. The van der Waals surface area contributed by atoms with Gasteiger partial charge < -0.3 is 15.6 Å². The summed E-state index contributed by atoms with van der Waals surface area (Å²) < 4.78 is 0. The maximum Gasteiger partial charge on any atom is 0.268 e. The van der Waals surface area contributed by atoms with Crippen molar-refractivity contribution in [1.29, 1.82) is 10.5 Å². The number of aromatic amines is 1. The third kappa shape index (κ3) is 2.51. The number of aromatic nitrogens is 1. The Morgan fingerprint density at radius 2 is 1.83 bits per heavy atom. The van der Waals surface area contributed by atoms with Crippen LogP contribution in [-0.4, -0.2) is 18.1 Å². The van der Waals surface area contributed by atoms with Gasteiger partial charge in [-0.15, -0.1) is 0 Å². The Morgan fingerprint density at radius 3 is 2.48 bits per heavy atom. The van der Waals surface area contributed by atoms with Crippen molar-refractivity contribution < 1.29 is 0 Å². The van der Waals surface area contributed by atoms with Gasteiger partial charge in [-0.1, -0.05) is 12.1 Å². The van der Waals surface area contributed by atoms with Gasteiger partial charge in [0, 0.05) is 24.3 Å². The van der Waals surface area contributed by atoms with Crippen molar-refractivity contribution in [3.63, 3.8) is 0 Å². The third-order valence-electron chi connectivity index (χ3n) is 4.07. The molecule has 1 aromatic carbocycles. The lowest BCUT2D eigenvalue weighted by molar-refractivity contribution is 0.949. The lowest BCUT2D eigenvalue weighted by Gasteiger charge is -2.19. The number of pyridine rings is 1. The summed E-state index contributed by atoms with van der Waals surface area (Å²) >= 11 is 0. The number of benzene rings is 1. The minimum absolute atomic E-state index is 0.0157. The molecule has 0 radical (unpaired) electrons. The molecule has 1 saturated heterocycles. The van der Waals surface area contributed by atoms with Gasteiger partial charge >= 0.3 is 0 Å². The first-order valence-electron chi connectivity index (χ1n) is 7.37. The second-order valence-electron chi connectivity index (χ2n) is 5.46. The number of nitrogens with one attached hydrogen (secondary N) is 1. The molecule has 114 valence electrons. The first kappa shape index (κ1) is 14.7. The Balaban J connectivity index is 2.23. The second-order valence-corrected chi connectivity index (χ2v) is 5.46. The SMILES string of the molecule is N#Cc1c(N)[nH]c(=O)c(C#N)c1-c1cccc(N2CCCC2)c1. The molecule has 6 heteroatoms. The quantitative estimate of drug-likeness (QED) is 0.881. The van der Waals surface area contributed by atoms with Gasteiger partial charge in [0.1, 0.15) is 29.1 Å². The van der Waals surface area contributed by atoms with Crippen LogP contribution in [0.3, 0.4) is 0 Å². The van der Waals surface area contributed by atoms with Crippen LogP contribution in [-0.2, 0) is 0 Å². The number of hydrogen-bond acceptors (Lipinski definition) is 5. The van der Waals surface area contributed by atoms with Gasteiger partial charge in [-0.3, -0.25) is 4.79 Å². The molecule has 0 aliphatic carbocycles. The molecule has 23 heavy (non-hydrogen) atoms. The predicted octanol–water partition coefficient (Wildman–Crippen LogP) is 1.97. The molecule has 3 N–H and O–H groups in total. The summed E-state index contributed by atoms with van der Waals surface area (Å²) in [6.07, 6.45) is 2.30. The fourth-order valence-electron chi connectivity index (χ4n) is 2.97. The van der Waals surface area contributed by atoms with Crippen LogP contribution in [0.4, 0.5) is 11.5 Å². The summed E-state index contributed by atoms with van der Waals surface area (Å²) in [5.74, 6) is -0.0157. The highest BCUT2D eigenvalue weighted by atomic mass is 16.1. The Bertz CT molecular complexity index is 895. The fraction of sp³-hybridized carbons (Fsp3) is 0.235. The van der Waals surface area contributed by atoms with Gasteiger partial charge in [0.2, 0.25) is 0 Å². The molecule has 1 aliphatic rings. The second kappa shape index (κ2) is 5.86. The van der Waals surface area contributed by atoms with Gasteiger partial charge in [0.25, 0.3) is 5.56 Å². The first-order valence-corrected chi connectivity index (χ1v) is 7.37. The van der Waals surface area contributed by atoms with E-state index in [0.717, 1.165) is 31.6 Å². The van der Waals surface area contributed by atoms with Gasteiger partial charge in [-0.05, 0) is 30.5 Å². The van der Waals surface area contributed by atoms with Crippen LogP contribution >= 0.6 is 0 Å². The standard InChI is InChI=1S/C17H15N5O/c18-9-13-15(14(10-19)17(23)21-16(13)20)11-4-3-5-12(8-11)22-6-1-2-7-22/h3-5,8H,1-2,6-7H2,(H3,20,21,23). The number of rotatable bonds is 2. The molecule has 1 fully saturated rings. The molecular weight excluding hydrogens is 290 g/mol. The van der Waals surface area contributed by atoms with Crippen molar-refractivity contribution in [2.24, 2.45) is 0 Å². The van der Waals surface area contributed by atoms with Crippen molar-refractivity contribution in [2.75, 3.05) is 23.7 Å². The number of nitrogens with zero attached hydrogens (tertiary/aromatic N) is 3. The Kier molecular flexibility index (Phi) is 3.74. The van der Waals surface area contributed by atoms with Crippen molar-refractivity contribution >= 4 is 11.5 Å². The van der Waals surface area contributed by atoms with E-state index in [9.17, 15) is 15.3 Å². The van der Waals surface area contributed by atoms with Crippen LogP contribution < -0.4 is 16.2 Å². The maximum absolute atomic E-state index is 12.0. The van der Waals surface area contributed by atoms with Gasteiger partial charge in [0.15, 0.2) is 0 Å². The molecule has 0 bridgehead atoms. The van der Waals surface area contributed by atoms with E-state index in [2.05, 4.69) is 9.88 Å². The summed E-state index contributed by atoms with van der Waals surface area (Å²) in [5, 5.41) is 18.7. The average Bonchev–Trinajstić information content (AvgIpc) is 3.09. The van der Waals surface area contributed by atoms with Crippen LogP contribution in [0.2, 0.25) is 0 Å². The Morgan fingerprint density at radius 1 is 1.13 bits per heavy atom. The number of H-pyrrole nitrogens is 1. The van der Waals surface area contributed by atoms with E-state index in [1.54, 1.807) is 6.07 Å². The fourth-order valence-corrected chi connectivity index (χ4v) is 2.97. The molecule has 3 rings (SSSR count). The molecule has 1 aromatic heterocycles. The third-order valence-corrected chi connectivity index (χ3v) is 4.07. The van der Waals surface area contributed by atoms with Gasteiger partial charge in [0.05, 0.1) is 0 Å². The minimum atomic E-state index is -0.578. The molecule has 0 saturated carbocycles. The number of hydrogen-bond donors (Lipinski definition) is 2. The van der Waals surface area contributed by atoms with E-state index in [1.807, 2.05) is 30.3 Å². The molecule has 0 unspecified atom stereocenters. The summed E-state index contributed by atoms with van der Waals surface area (Å²) in [5.41, 5.74) is 7.19. The maximum atomic E-state index is 12.0. The lowest BCUT2D eigenvalue weighted by atomic mass is 9.96. The zero-order valence-corrected chi connectivity index (χ0v) is 12.5. The van der Waals surface area contributed by atoms with Crippen LogP contribution in [0.15, 0.2) is 29.1 Å². The number of nitriles is 2. The average molecular weight is 305 g/mol. The highest BCUT2D eigenvalue weighted by Gasteiger charge is 2.19. The molecule has 0 amide bonds. The number of nitrogen functional groups attached to an aromatic ring is 1. The molecule has 0 atom stereocenters. The molecule has 2 heterocycles. The van der Waals surface area contributed by atoms with Crippen LogP contribution in [0, 0.1) is 22.7 Å². The van der Waals surface area contributed by atoms with Crippen molar-refractivity contribution in [2.45, 2.75) is 12.8 Å². The van der Waals surface area contributed by atoms with Gasteiger partial charge in [-0.2, -0.15) is 10.5 Å². The van der Waals surface area contributed by atoms with E-state index >= 15 is 0 Å². The van der Waals surface area contributed by atoms with Crippen LogP contribution in [0.25, 0.3) is 11.1 Å². The highest BCUT2D eigenvalue weighted by Crippen LogP contribution is 2.31. The summed E-state index contributed by atoms with van der Waals surface area (Å²) in [6.45, 7) is 1.97. The zero-order chi connectivity index (χ0) is 16.4. The molecule has 1 aliphatic heterocycles. The van der Waals surface area contributed by atoms with E-state index in [1.165, 1.54) is 0 Å². The van der Waals surface area contributed by atoms with E-state index in [0.29, 0.717) is 11.1 Å². The van der Waals surface area contributed by atoms with Crippen molar-refractivity contribution in [3.05, 3.63) is 45.7 Å². The van der Waals surface area contributed by atoms with Crippen molar-refractivity contribution in [3.8, 4) is 23.3 Å². The van der Waals surface area contributed by atoms with E-state index in [-0.39, 0.29) is 16.9 Å². The van der Waals surface area contributed by atoms with Crippen molar-refractivity contribution in [1.82, 2.24) is 4.98 Å². The molecular formula is C17H15N5O. The minimum Gasteiger partial charge on any atom is -0.384 e. The summed E-state index contributed by atoms with van der Waals surface area (Å²) in [6, 6.07) is 11.4. The van der Waals surface area contributed by atoms with E-state index in [4.69, 9.17) is 5.73 Å². The Hall–Kier alpha value is -3.25. The molecule has 0 spiro atoms. The topological polar surface area (TPSA) is 110 Å². The number of nitrogens with two attached hydrogens (primary N) is 1. The van der Waals surface area contributed by atoms with Crippen LogP contribution in [0.1, 0.15) is 24.0 Å². The molecule has 2 aromatic rings. The normalized spacial score (nSPS) is 13.6. The van der Waals surface area contributed by atoms with Gasteiger partial charge in [-0.25, -0.2) is 0 Å². The smallest absolute Gasteiger partial charge is 0.268 e. The number of anilines is 2.